The second-order valence-corrected chi connectivity index (χ2v) is 6.97. The minimum atomic E-state index is -0.131. The van der Waals surface area contributed by atoms with Gasteiger partial charge in [0, 0.05) is 23.5 Å². The van der Waals surface area contributed by atoms with Crippen LogP contribution in [0.3, 0.4) is 0 Å². The second kappa shape index (κ2) is 9.55. The smallest absolute Gasteiger partial charge is 0.251 e. The third-order valence-electron chi connectivity index (χ3n) is 4.56. The van der Waals surface area contributed by atoms with E-state index in [0.717, 1.165) is 28.1 Å². The van der Waals surface area contributed by atoms with Crippen LogP contribution in [-0.4, -0.2) is 18.4 Å². The molecule has 0 aliphatic rings. The van der Waals surface area contributed by atoms with Crippen LogP contribution in [0.2, 0.25) is 0 Å². The number of carbonyl (C=O) groups is 2. The van der Waals surface area contributed by atoms with Crippen molar-refractivity contribution in [1.82, 2.24) is 5.32 Å². The highest BCUT2D eigenvalue weighted by atomic mass is 16.2. The van der Waals surface area contributed by atoms with Gasteiger partial charge in [0.15, 0.2) is 0 Å². The van der Waals surface area contributed by atoms with E-state index in [1.807, 2.05) is 62.4 Å². The van der Waals surface area contributed by atoms with Gasteiger partial charge in [-0.15, -0.1) is 0 Å². The molecule has 0 spiro atoms. The van der Waals surface area contributed by atoms with Crippen molar-refractivity contribution in [2.24, 2.45) is 0 Å². The summed E-state index contributed by atoms with van der Waals surface area (Å²) < 4.78 is 0. The van der Waals surface area contributed by atoms with Crippen LogP contribution >= 0.6 is 0 Å². The van der Waals surface area contributed by atoms with Crippen LogP contribution in [0.5, 0.6) is 0 Å². The van der Waals surface area contributed by atoms with Gasteiger partial charge >= 0.3 is 0 Å². The van der Waals surface area contributed by atoms with E-state index in [1.165, 1.54) is 0 Å². The van der Waals surface area contributed by atoms with Crippen LogP contribution < -0.4 is 16.0 Å². The molecule has 0 aliphatic carbocycles. The van der Waals surface area contributed by atoms with E-state index in [4.69, 9.17) is 0 Å². The fourth-order valence-electron chi connectivity index (χ4n) is 2.87. The Morgan fingerprint density at radius 2 is 1.59 bits per heavy atom. The number of hydrogen-bond donors (Lipinski definition) is 3. The first kappa shape index (κ1) is 20.1. The fourth-order valence-corrected chi connectivity index (χ4v) is 2.87. The van der Waals surface area contributed by atoms with Crippen molar-refractivity contribution in [2.45, 2.75) is 20.4 Å². The first-order chi connectivity index (χ1) is 14.0. The second-order valence-electron chi connectivity index (χ2n) is 6.97. The first-order valence-corrected chi connectivity index (χ1v) is 9.54. The lowest BCUT2D eigenvalue weighted by Crippen LogP contribution is -2.23. The van der Waals surface area contributed by atoms with Crippen molar-refractivity contribution < 1.29 is 9.59 Å². The summed E-state index contributed by atoms with van der Waals surface area (Å²) in [7, 11) is 0. The Kier molecular flexibility index (Phi) is 6.63. The molecule has 3 rings (SSSR count). The van der Waals surface area contributed by atoms with E-state index in [0.29, 0.717) is 12.1 Å². The minimum Gasteiger partial charge on any atom is -0.376 e. The number of carbonyl (C=O) groups excluding carboxylic acids is 2. The number of nitrogens with one attached hydrogen (secondary N) is 3. The predicted octanol–water partition coefficient (Wildman–Crippen LogP) is 4.28. The molecule has 3 N–H and O–H groups in total. The third kappa shape index (κ3) is 5.94. The molecule has 5 heteroatoms. The van der Waals surface area contributed by atoms with Crippen LogP contribution in [0.1, 0.15) is 27.0 Å². The lowest BCUT2D eigenvalue weighted by Gasteiger charge is -2.11. The maximum atomic E-state index is 12.3. The van der Waals surface area contributed by atoms with Crippen molar-refractivity contribution >= 4 is 23.2 Å². The molecule has 3 aromatic rings. The van der Waals surface area contributed by atoms with Gasteiger partial charge in [0.05, 0.1) is 6.54 Å². The average molecular weight is 387 g/mol. The molecule has 0 atom stereocenters. The quantitative estimate of drug-likeness (QED) is 0.567. The largest absolute Gasteiger partial charge is 0.376 e. The van der Waals surface area contributed by atoms with E-state index in [-0.39, 0.29) is 18.4 Å². The summed E-state index contributed by atoms with van der Waals surface area (Å²) >= 11 is 0. The summed E-state index contributed by atoms with van der Waals surface area (Å²) in [6, 6.07) is 22.8. The molecule has 0 aliphatic heterocycles. The van der Waals surface area contributed by atoms with Crippen molar-refractivity contribution in [1.29, 1.82) is 0 Å². The van der Waals surface area contributed by atoms with Crippen LogP contribution in [-0.2, 0) is 11.3 Å². The topological polar surface area (TPSA) is 70.2 Å². The first-order valence-electron chi connectivity index (χ1n) is 9.54. The van der Waals surface area contributed by atoms with Gasteiger partial charge < -0.3 is 16.0 Å². The lowest BCUT2D eigenvalue weighted by atomic mass is 10.1. The van der Waals surface area contributed by atoms with E-state index >= 15 is 0 Å². The Morgan fingerprint density at radius 1 is 0.862 bits per heavy atom. The summed E-state index contributed by atoms with van der Waals surface area (Å²) in [5, 5.41) is 8.90. The van der Waals surface area contributed by atoms with Gasteiger partial charge in [-0.1, -0.05) is 42.5 Å². The van der Waals surface area contributed by atoms with E-state index < -0.39 is 0 Å². The molecule has 0 aromatic heterocycles. The molecule has 3 aromatic carbocycles. The molecule has 0 bridgehead atoms. The molecule has 5 nitrogen and oxygen atoms in total. The van der Waals surface area contributed by atoms with Crippen molar-refractivity contribution in [3.05, 3.63) is 95.1 Å². The number of rotatable bonds is 7. The van der Waals surface area contributed by atoms with Crippen molar-refractivity contribution in [3.8, 4) is 0 Å². The molecular formula is C24H25N3O2. The summed E-state index contributed by atoms with van der Waals surface area (Å²) in [5.41, 5.74) is 5.35. The molecule has 29 heavy (non-hydrogen) atoms. The van der Waals surface area contributed by atoms with Crippen LogP contribution in [0, 0.1) is 13.8 Å². The Labute approximate surface area is 171 Å². The number of anilines is 2. The normalized spacial score (nSPS) is 10.3. The minimum absolute atomic E-state index is 0.122. The standard InChI is InChI=1S/C24H25N3O2/c1-17-8-9-18(2)22(14-17)27-23(28)16-25-21-12-10-20(11-13-21)24(29)26-15-19-6-4-3-5-7-19/h3-14,25H,15-16H2,1-2H3,(H,26,29)(H,27,28). The number of amides is 2. The van der Waals surface area contributed by atoms with Crippen LogP contribution in [0.15, 0.2) is 72.8 Å². The highest BCUT2D eigenvalue weighted by Crippen LogP contribution is 2.16. The number of hydrogen-bond acceptors (Lipinski definition) is 3. The Bertz CT molecular complexity index is 983. The number of benzene rings is 3. The average Bonchev–Trinajstić information content (AvgIpc) is 2.74. The molecule has 0 fully saturated rings. The Morgan fingerprint density at radius 3 is 2.31 bits per heavy atom. The zero-order valence-electron chi connectivity index (χ0n) is 16.7. The zero-order valence-corrected chi connectivity index (χ0v) is 16.7. The van der Waals surface area contributed by atoms with E-state index in [1.54, 1.807) is 24.3 Å². The number of aryl methyl sites for hydroxylation is 2. The molecule has 148 valence electrons. The zero-order chi connectivity index (χ0) is 20.6. The van der Waals surface area contributed by atoms with E-state index in [2.05, 4.69) is 16.0 Å². The van der Waals surface area contributed by atoms with Gasteiger partial charge in [-0.3, -0.25) is 9.59 Å². The molecule has 0 saturated carbocycles. The SMILES string of the molecule is Cc1ccc(C)c(NC(=O)CNc2ccc(C(=O)NCc3ccccc3)cc2)c1. The maximum Gasteiger partial charge on any atom is 0.251 e. The van der Waals surface area contributed by atoms with Gasteiger partial charge in [-0.2, -0.15) is 0 Å². The van der Waals surface area contributed by atoms with Gasteiger partial charge in [0.1, 0.15) is 0 Å². The molecular weight excluding hydrogens is 362 g/mol. The summed E-state index contributed by atoms with van der Waals surface area (Å²) in [6.07, 6.45) is 0. The summed E-state index contributed by atoms with van der Waals surface area (Å²) in [6.45, 7) is 4.58. The van der Waals surface area contributed by atoms with Gasteiger partial charge in [-0.25, -0.2) is 0 Å². The summed E-state index contributed by atoms with van der Waals surface area (Å²) in [5.74, 6) is -0.253. The highest BCUT2D eigenvalue weighted by Gasteiger charge is 2.07. The molecule has 2 amide bonds. The lowest BCUT2D eigenvalue weighted by molar-refractivity contribution is -0.114. The van der Waals surface area contributed by atoms with Crippen molar-refractivity contribution in [2.75, 3.05) is 17.2 Å². The van der Waals surface area contributed by atoms with Crippen LogP contribution in [0.25, 0.3) is 0 Å². The molecule has 0 unspecified atom stereocenters. The Hall–Kier alpha value is -3.60. The summed E-state index contributed by atoms with van der Waals surface area (Å²) in [4.78, 5) is 24.5. The monoisotopic (exact) mass is 387 g/mol. The van der Waals surface area contributed by atoms with E-state index in [9.17, 15) is 9.59 Å². The van der Waals surface area contributed by atoms with Gasteiger partial charge in [-0.05, 0) is 60.9 Å². The van der Waals surface area contributed by atoms with Crippen molar-refractivity contribution in [3.63, 3.8) is 0 Å². The predicted molar refractivity (Wildman–Crippen MR) is 117 cm³/mol. The molecule has 0 radical (unpaired) electrons. The Balaban J connectivity index is 1.49. The van der Waals surface area contributed by atoms with Crippen LogP contribution in [0.4, 0.5) is 11.4 Å². The van der Waals surface area contributed by atoms with Gasteiger partial charge in [0.25, 0.3) is 5.91 Å². The molecule has 0 heterocycles. The third-order valence-corrected chi connectivity index (χ3v) is 4.56. The maximum absolute atomic E-state index is 12.3. The highest BCUT2D eigenvalue weighted by molar-refractivity contribution is 5.95. The van der Waals surface area contributed by atoms with Gasteiger partial charge in [0.2, 0.25) is 5.91 Å². The molecule has 0 saturated heterocycles. The fraction of sp³-hybridized carbons (Fsp3) is 0.167.